The third kappa shape index (κ3) is 8.67. The average molecular weight is 560 g/mol. The Morgan fingerprint density at radius 3 is 0.892 bits per heavy atom. The van der Waals surface area contributed by atoms with E-state index in [9.17, 15) is 0 Å². The van der Waals surface area contributed by atoms with Gasteiger partial charge in [-0.05, 0) is 24.3 Å². The van der Waals surface area contributed by atoms with Crippen LogP contribution in [-0.2, 0) is 21.9 Å². The number of carboxylic acid groups (broad SMARTS) is 1. The van der Waals surface area contributed by atoms with E-state index in [1.54, 1.807) is 24.8 Å². The summed E-state index contributed by atoms with van der Waals surface area (Å²) in [5.74, 6) is 0. The second-order valence-electron chi connectivity index (χ2n) is 6.91. The predicted octanol–water partition coefficient (Wildman–Crippen LogP) is -0.826. The molecule has 0 bridgehead atoms. The predicted molar refractivity (Wildman–Crippen MR) is 120 cm³/mol. The van der Waals surface area contributed by atoms with Gasteiger partial charge < -0.3 is 9.90 Å². The van der Waals surface area contributed by atoms with E-state index in [0.717, 1.165) is 43.6 Å². The third-order valence-electron chi connectivity index (χ3n) is 4.69. The number of aromatic nitrogens is 4. The van der Waals surface area contributed by atoms with Crippen molar-refractivity contribution in [1.29, 1.82) is 0 Å². The number of rotatable bonds is 0. The minimum Gasteiger partial charge on any atom is -0.554 e. The van der Waals surface area contributed by atoms with Gasteiger partial charge in [-0.2, -0.15) is 0 Å². The van der Waals surface area contributed by atoms with Gasteiger partial charge in [0.1, 0.15) is 0 Å². The van der Waals surface area contributed by atoms with Gasteiger partial charge >= 0.3 is 17.1 Å². The number of hydrogen-bond acceptors (Lipinski definition) is 10. The smallest absolute Gasteiger partial charge is 0.554 e. The second-order valence-corrected chi connectivity index (χ2v) is 7.66. The fourth-order valence-corrected chi connectivity index (χ4v) is 3.36. The van der Waals surface area contributed by atoms with Crippen molar-refractivity contribution >= 4 is 50.1 Å². The molecule has 0 atom stereocenters. The van der Waals surface area contributed by atoms with Gasteiger partial charge in [0.2, 0.25) is 0 Å². The van der Waals surface area contributed by atoms with E-state index >= 15 is 0 Å². The third-order valence-corrected chi connectivity index (χ3v) is 4.69. The molecule has 0 unspecified atom stereocenters. The number of halogens is 1. The van der Waals surface area contributed by atoms with E-state index < -0.39 is 16.7 Å². The molecule has 0 spiro atoms. The van der Waals surface area contributed by atoms with Crippen molar-refractivity contribution in [3.05, 3.63) is 97.6 Å². The number of carbonyl (C=O) groups excluding carboxylic acids is 1. The Kier molecular flexibility index (Phi) is 11.2. The quantitative estimate of drug-likeness (QED) is 0.129. The molecule has 6 aromatic rings. The first-order valence-corrected chi connectivity index (χ1v) is 11.4. The monoisotopic (exact) mass is 559 g/mol. The van der Waals surface area contributed by atoms with Gasteiger partial charge in [0.05, 0.1) is 22.1 Å². The van der Waals surface area contributed by atoms with Crippen LogP contribution in [0, 0.1) is 10.2 Å². The molecule has 0 aliphatic carbocycles. The van der Waals surface area contributed by atoms with Crippen LogP contribution in [0.4, 0.5) is 0 Å². The van der Waals surface area contributed by atoms with Crippen LogP contribution >= 0.6 is 0 Å². The van der Waals surface area contributed by atoms with Crippen LogP contribution in [0.15, 0.2) is 97.6 Å². The van der Waals surface area contributed by atoms with Crippen LogP contribution in [0.25, 0.3) is 43.6 Å². The summed E-state index contributed by atoms with van der Waals surface area (Å²) in [5.41, 5.74) is 3.91. The van der Waals surface area contributed by atoms with E-state index in [4.69, 9.17) is 28.5 Å². The van der Waals surface area contributed by atoms with Crippen molar-refractivity contribution in [1.82, 2.24) is 19.9 Å². The number of nitrogens with zero attached hydrogens (tertiary/aromatic N) is 4. The second kappa shape index (κ2) is 14.1. The summed E-state index contributed by atoms with van der Waals surface area (Å²) in [5, 5.41) is 12.8. The van der Waals surface area contributed by atoms with E-state index in [2.05, 4.69) is 68.5 Å². The van der Waals surface area contributed by atoms with Gasteiger partial charge in [0, 0.05) is 52.8 Å². The Hall–Kier alpha value is -3.80. The molecule has 0 N–H and O–H groups in total. The summed E-state index contributed by atoms with van der Waals surface area (Å²) in [6.07, 6.45) is 7.21. The van der Waals surface area contributed by atoms with E-state index in [1.807, 2.05) is 24.3 Å². The van der Waals surface area contributed by atoms with Crippen LogP contribution in [0.3, 0.4) is 0 Å². The van der Waals surface area contributed by atoms with E-state index in [-0.39, 0.29) is 17.1 Å². The first kappa shape index (κ1) is 29.4. The Morgan fingerprint density at radius 1 is 0.514 bits per heavy atom. The van der Waals surface area contributed by atoms with Gasteiger partial charge in [-0.25, -0.2) is 18.6 Å². The molecule has 12 heteroatoms. The molecule has 37 heavy (non-hydrogen) atoms. The first-order chi connectivity index (χ1) is 17.3. The van der Waals surface area contributed by atoms with E-state index in [0.29, 0.717) is 0 Å². The Labute approximate surface area is 223 Å². The maximum absolute atomic E-state index is 8.49. The molecular formula is C25H17ClMnN4O6. The molecule has 2 aromatic carbocycles. The zero-order valence-electron chi connectivity index (χ0n) is 18.8. The summed E-state index contributed by atoms with van der Waals surface area (Å²) in [4.78, 5) is 25.6. The number of hydrogen-bond donors (Lipinski definition) is 0. The molecule has 0 aliphatic heterocycles. The largest absolute Gasteiger partial charge is 2.00 e. The SMILES string of the molecule is O=C[O-].[Mn+2].[O-][Cl+3]([O-])([O-])[O-].c1cnc2c(c1)ccc1cccnc12.c1cnc2c(c1)ccc1cccnc12. The molecule has 0 saturated heterocycles. The number of carbonyl (C=O) groups is 1. The van der Waals surface area contributed by atoms with Crippen LogP contribution < -0.4 is 23.7 Å². The molecule has 1 radical (unpaired) electrons. The van der Waals surface area contributed by atoms with Crippen molar-refractivity contribution in [2.75, 3.05) is 0 Å². The maximum Gasteiger partial charge on any atom is 2.00 e. The fourth-order valence-electron chi connectivity index (χ4n) is 3.36. The van der Waals surface area contributed by atoms with Crippen molar-refractivity contribution in [2.45, 2.75) is 0 Å². The molecule has 0 fully saturated rings. The van der Waals surface area contributed by atoms with Gasteiger partial charge in [0.25, 0.3) is 0 Å². The summed E-state index contributed by atoms with van der Waals surface area (Å²) >= 11 is 0. The van der Waals surface area contributed by atoms with Gasteiger partial charge in [-0.1, -0.05) is 48.5 Å². The Bertz CT molecular complexity index is 1370. The topological polar surface area (TPSA) is 184 Å². The number of benzene rings is 2. The molecule has 0 aliphatic rings. The maximum atomic E-state index is 8.49. The van der Waals surface area contributed by atoms with Gasteiger partial charge in [-0.15, -0.1) is 10.2 Å². The zero-order valence-corrected chi connectivity index (χ0v) is 20.7. The molecular weight excluding hydrogens is 543 g/mol. The van der Waals surface area contributed by atoms with Crippen molar-refractivity contribution in [2.24, 2.45) is 0 Å². The summed E-state index contributed by atoms with van der Waals surface area (Å²) in [6.45, 7) is -0.500. The summed E-state index contributed by atoms with van der Waals surface area (Å²) in [6, 6.07) is 24.3. The van der Waals surface area contributed by atoms with Crippen LogP contribution in [0.2, 0.25) is 0 Å². The van der Waals surface area contributed by atoms with E-state index in [1.165, 1.54) is 0 Å². The minimum atomic E-state index is -4.94. The number of pyridine rings is 4. The first-order valence-electron chi connectivity index (χ1n) is 10.2. The van der Waals surface area contributed by atoms with Crippen LogP contribution in [0.1, 0.15) is 0 Å². The van der Waals surface area contributed by atoms with Gasteiger partial charge in [0.15, 0.2) is 0 Å². The molecule has 0 saturated carbocycles. The molecule has 10 nitrogen and oxygen atoms in total. The molecule has 4 aromatic heterocycles. The molecule has 6 rings (SSSR count). The summed E-state index contributed by atoms with van der Waals surface area (Å²) < 4.78 is 34.0. The standard InChI is InChI=1S/2C12H8N2.CH2O2.ClHO4.Mn/c2*1-3-9-5-6-10-4-2-8-14-12(10)11(9)13-7-1;2-1-3;2-1(3,4)5;/h2*1-8H;1H,(H,2,3);(H,2,3,4,5);/q;;;;+2/p-2. The van der Waals surface area contributed by atoms with Crippen LogP contribution in [-0.4, -0.2) is 26.4 Å². The molecule has 4 heterocycles. The molecule has 0 amide bonds. The minimum absolute atomic E-state index is 0. The van der Waals surface area contributed by atoms with Crippen molar-refractivity contribution in [3.8, 4) is 0 Å². The Balaban J connectivity index is 0.000000200. The van der Waals surface area contributed by atoms with Gasteiger partial charge in [-0.3, -0.25) is 19.9 Å². The number of fused-ring (bicyclic) bond motifs is 6. The van der Waals surface area contributed by atoms with Crippen molar-refractivity contribution < 1.29 is 55.8 Å². The fraction of sp³-hybridized carbons (Fsp3) is 0. The molecule has 187 valence electrons. The normalized spacial score (nSPS) is 10.2. The summed E-state index contributed by atoms with van der Waals surface area (Å²) in [7, 11) is -4.94. The zero-order chi connectivity index (χ0) is 26.0. The Morgan fingerprint density at radius 2 is 0.703 bits per heavy atom. The van der Waals surface area contributed by atoms with Crippen molar-refractivity contribution in [3.63, 3.8) is 0 Å². The average Bonchev–Trinajstić information content (AvgIpc) is 2.88. The van der Waals surface area contributed by atoms with Crippen LogP contribution in [0.5, 0.6) is 0 Å².